The second-order valence-corrected chi connectivity index (χ2v) is 9.89. The van der Waals surface area contributed by atoms with Crippen LogP contribution in [0.2, 0.25) is 0 Å². The number of ether oxygens (including phenoxy) is 3. The van der Waals surface area contributed by atoms with Gasteiger partial charge in [-0.1, -0.05) is 0 Å². The van der Waals surface area contributed by atoms with E-state index >= 15 is 0 Å². The summed E-state index contributed by atoms with van der Waals surface area (Å²) in [6.07, 6.45) is 0.680. The number of nitrogens with zero attached hydrogens (tertiary/aromatic N) is 3. The molecule has 4 rings (SSSR count). The van der Waals surface area contributed by atoms with E-state index < -0.39 is 10.0 Å². The second-order valence-electron chi connectivity index (χ2n) is 7.74. The van der Waals surface area contributed by atoms with Crippen LogP contribution >= 0.6 is 0 Å². The number of aryl methyl sites for hydroxylation is 2. The Labute approximate surface area is 192 Å². The lowest BCUT2D eigenvalue weighted by Gasteiger charge is -2.10. The molecular formula is C22H26N4O6S. The van der Waals surface area contributed by atoms with Gasteiger partial charge in [0, 0.05) is 40.1 Å². The molecule has 0 atom stereocenters. The Bertz CT molecular complexity index is 1290. The predicted molar refractivity (Wildman–Crippen MR) is 121 cm³/mol. The second kappa shape index (κ2) is 9.28. The molecule has 1 aliphatic heterocycles. The van der Waals surface area contributed by atoms with Crippen LogP contribution in [0, 0.1) is 0 Å². The van der Waals surface area contributed by atoms with Crippen LogP contribution < -0.4 is 19.5 Å². The van der Waals surface area contributed by atoms with Crippen molar-refractivity contribution in [2.24, 2.45) is 7.05 Å². The third kappa shape index (κ3) is 4.88. The number of nitrogens with one attached hydrogen (secondary N) is 1. The lowest BCUT2D eigenvalue weighted by Crippen LogP contribution is -2.28. The van der Waals surface area contributed by atoms with Crippen LogP contribution in [-0.2, 0) is 28.3 Å². The molecule has 0 saturated heterocycles. The first-order chi connectivity index (χ1) is 15.8. The molecule has 1 aromatic heterocycles. The quantitative estimate of drug-likeness (QED) is 0.470. The topological polar surface area (TPSA) is 112 Å². The molecule has 11 heteroatoms. The Balaban J connectivity index is 1.29. The Morgan fingerprint density at radius 3 is 2.76 bits per heavy atom. The first-order valence-corrected chi connectivity index (χ1v) is 11.9. The van der Waals surface area contributed by atoms with Crippen molar-refractivity contribution in [3.8, 4) is 17.2 Å². The highest BCUT2D eigenvalue weighted by molar-refractivity contribution is 7.89. The minimum Gasteiger partial charge on any atom is -0.492 e. The molecule has 0 spiro atoms. The van der Waals surface area contributed by atoms with Gasteiger partial charge in [0.15, 0.2) is 11.5 Å². The van der Waals surface area contributed by atoms with Crippen molar-refractivity contribution < 1.29 is 27.4 Å². The number of benzene rings is 2. The summed E-state index contributed by atoms with van der Waals surface area (Å²) in [4.78, 5) is 17.0. The normalized spacial score (nSPS) is 13.0. The summed E-state index contributed by atoms with van der Waals surface area (Å²) in [6.45, 7) is 0.888. The average Bonchev–Trinajstić information content (AvgIpc) is 3.38. The minimum absolute atomic E-state index is 0.118. The molecule has 2 aromatic carbocycles. The molecule has 0 aliphatic carbocycles. The van der Waals surface area contributed by atoms with E-state index in [4.69, 9.17) is 14.2 Å². The van der Waals surface area contributed by atoms with Crippen LogP contribution in [0.5, 0.6) is 17.2 Å². The van der Waals surface area contributed by atoms with Gasteiger partial charge in [0.1, 0.15) is 18.2 Å². The molecule has 176 valence electrons. The van der Waals surface area contributed by atoms with Crippen molar-refractivity contribution in [1.29, 1.82) is 0 Å². The number of rotatable bonds is 9. The van der Waals surface area contributed by atoms with Crippen LogP contribution in [0.25, 0.3) is 11.0 Å². The number of sulfonamides is 1. The van der Waals surface area contributed by atoms with E-state index in [9.17, 15) is 13.2 Å². The van der Waals surface area contributed by atoms with Gasteiger partial charge in [-0.3, -0.25) is 4.79 Å². The molecule has 1 N–H and O–H groups in total. The lowest BCUT2D eigenvalue weighted by atomic mass is 10.3. The minimum atomic E-state index is -3.54. The number of carbonyl (C=O) groups is 1. The van der Waals surface area contributed by atoms with Gasteiger partial charge in [-0.2, -0.15) is 0 Å². The SMILES string of the molecule is CN(C)S(=O)(=O)c1ccc2c(c1)nc(CCC(=O)NCCOc1ccc3c(c1)OCO3)n2C. The van der Waals surface area contributed by atoms with Crippen molar-refractivity contribution in [2.45, 2.75) is 17.7 Å². The number of carbonyl (C=O) groups excluding carboxylic acids is 1. The zero-order valence-corrected chi connectivity index (χ0v) is 19.5. The number of hydrogen-bond donors (Lipinski definition) is 1. The molecule has 3 aromatic rings. The van der Waals surface area contributed by atoms with Gasteiger partial charge in [0.2, 0.25) is 22.7 Å². The number of imidazole rings is 1. The highest BCUT2D eigenvalue weighted by Gasteiger charge is 2.19. The van der Waals surface area contributed by atoms with Crippen molar-refractivity contribution in [3.05, 3.63) is 42.2 Å². The molecule has 0 fully saturated rings. The van der Waals surface area contributed by atoms with Crippen LogP contribution in [-0.4, -0.2) is 62.2 Å². The summed E-state index contributed by atoms with van der Waals surface area (Å²) in [5, 5.41) is 2.83. The van der Waals surface area contributed by atoms with E-state index in [0.717, 1.165) is 5.52 Å². The van der Waals surface area contributed by atoms with Gasteiger partial charge in [-0.05, 0) is 30.3 Å². The summed E-state index contributed by atoms with van der Waals surface area (Å²) >= 11 is 0. The molecule has 2 heterocycles. The molecule has 0 saturated carbocycles. The largest absolute Gasteiger partial charge is 0.492 e. The summed E-state index contributed by atoms with van der Waals surface area (Å²) in [6, 6.07) is 10.2. The van der Waals surface area contributed by atoms with Crippen molar-refractivity contribution in [3.63, 3.8) is 0 Å². The van der Waals surface area contributed by atoms with Crippen molar-refractivity contribution in [2.75, 3.05) is 34.0 Å². The first-order valence-electron chi connectivity index (χ1n) is 10.4. The van der Waals surface area contributed by atoms with E-state index in [1.54, 1.807) is 36.4 Å². The van der Waals surface area contributed by atoms with Gasteiger partial charge in [-0.15, -0.1) is 0 Å². The molecule has 1 amide bonds. The van der Waals surface area contributed by atoms with E-state index in [0.29, 0.717) is 48.2 Å². The van der Waals surface area contributed by atoms with Crippen LogP contribution in [0.4, 0.5) is 0 Å². The van der Waals surface area contributed by atoms with Gasteiger partial charge >= 0.3 is 0 Å². The molecule has 0 bridgehead atoms. The van der Waals surface area contributed by atoms with Crippen molar-refractivity contribution in [1.82, 2.24) is 19.2 Å². The highest BCUT2D eigenvalue weighted by Crippen LogP contribution is 2.35. The summed E-state index contributed by atoms with van der Waals surface area (Å²) in [5.74, 6) is 2.56. The van der Waals surface area contributed by atoms with Crippen LogP contribution in [0.1, 0.15) is 12.2 Å². The van der Waals surface area contributed by atoms with Crippen LogP contribution in [0.3, 0.4) is 0 Å². The number of hydrogen-bond acceptors (Lipinski definition) is 7. The predicted octanol–water partition coefficient (Wildman–Crippen LogP) is 1.68. The van der Waals surface area contributed by atoms with Gasteiger partial charge in [-0.25, -0.2) is 17.7 Å². The van der Waals surface area contributed by atoms with E-state index in [-0.39, 0.29) is 24.0 Å². The maximum absolute atomic E-state index is 12.4. The smallest absolute Gasteiger partial charge is 0.242 e. The van der Waals surface area contributed by atoms with E-state index in [1.807, 2.05) is 11.6 Å². The molecule has 1 aliphatic rings. The number of aromatic nitrogens is 2. The Morgan fingerprint density at radius 2 is 1.97 bits per heavy atom. The maximum Gasteiger partial charge on any atom is 0.242 e. The fraction of sp³-hybridized carbons (Fsp3) is 0.364. The zero-order valence-electron chi connectivity index (χ0n) is 18.7. The summed E-state index contributed by atoms with van der Waals surface area (Å²) in [7, 11) is 1.29. The first kappa shape index (κ1) is 22.9. The number of amides is 1. The monoisotopic (exact) mass is 474 g/mol. The average molecular weight is 475 g/mol. The molecule has 0 radical (unpaired) electrons. The maximum atomic E-state index is 12.4. The van der Waals surface area contributed by atoms with E-state index in [2.05, 4.69) is 10.3 Å². The van der Waals surface area contributed by atoms with Crippen molar-refractivity contribution >= 4 is 27.0 Å². The third-order valence-electron chi connectivity index (χ3n) is 5.34. The van der Waals surface area contributed by atoms with Gasteiger partial charge < -0.3 is 24.1 Å². The third-order valence-corrected chi connectivity index (χ3v) is 7.15. The Morgan fingerprint density at radius 1 is 1.18 bits per heavy atom. The zero-order chi connectivity index (χ0) is 23.6. The Kier molecular flexibility index (Phi) is 6.43. The Hall–Kier alpha value is -3.31. The molecule has 0 unspecified atom stereocenters. The van der Waals surface area contributed by atoms with E-state index in [1.165, 1.54) is 18.4 Å². The van der Waals surface area contributed by atoms with Gasteiger partial charge in [0.05, 0.1) is 22.5 Å². The van der Waals surface area contributed by atoms with Crippen LogP contribution in [0.15, 0.2) is 41.3 Å². The fourth-order valence-corrected chi connectivity index (χ4v) is 4.39. The standard InChI is InChI=1S/C22H26N4O6S/c1-25(2)33(28,29)16-5-6-18-17(13-16)24-21(26(18)3)8-9-22(27)23-10-11-30-15-4-7-19-20(12-15)32-14-31-19/h4-7,12-13H,8-11,14H2,1-3H3,(H,23,27). The summed E-state index contributed by atoms with van der Waals surface area (Å²) < 4.78 is 44.0. The molecule has 33 heavy (non-hydrogen) atoms. The number of fused-ring (bicyclic) bond motifs is 2. The summed E-state index contributed by atoms with van der Waals surface area (Å²) in [5.41, 5.74) is 1.38. The van der Waals surface area contributed by atoms with Gasteiger partial charge in [0.25, 0.3) is 0 Å². The molecule has 10 nitrogen and oxygen atoms in total. The fourth-order valence-electron chi connectivity index (χ4n) is 3.46. The molecular weight excluding hydrogens is 448 g/mol. The lowest BCUT2D eigenvalue weighted by molar-refractivity contribution is -0.121. The highest BCUT2D eigenvalue weighted by atomic mass is 32.2.